The van der Waals surface area contributed by atoms with Crippen LogP contribution in [-0.4, -0.2) is 45.0 Å². The average Bonchev–Trinajstić information content (AvgIpc) is 2.72. The van der Waals surface area contributed by atoms with Gasteiger partial charge in [-0.25, -0.2) is 0 Å². The lowest BCUT2D eigenvalue weighted by molar-refractivity contribution is -0.137. The van der Waals surface area contributed by atoms with Crippen molar-refractivity contribution in [1.29, 1.82) is 0 Å². The molecule has 0 aliphatic carbocycles. The fraction of sp³-hybridized carbons (Fsp3) is 0.478. The van der Waals surface area contributed by atoms with Gasteiger partial charge in [-0.3, -0.25) is 0 Å². The fourth-order valence-electron chi connectivity index (χ4n) is 3.85. The maximum Gasteiger partial charge on any atom is 0.416 e. The number of hydrogen-bond donors (Lipinski definition) is 0. The minimum atomic E-state index is -4.37. The highest BCUT2D eigenvalue weighted by atomic mass is 32.2. The Labute approximate surface area is 185 Å². The molecule has 2 heterocycles. The monoisotopic (exact) mass is 452 g/mol. The standard InChI is InChI=1S/C23H27F3N2O2S/c1-27(2)11-5-12-28-18-9-8-17(30-22-6-3-4-13-29-22)15-21(18)31-20-10-7-16(14-19(20)28)23(24,25)26/h7-10,14-15,22H,3-6,11-13H2,1-2H3. The Hall–Kier alpha value is -1.90. The molecule has 1 fully saturated rings. The quantitative estimate of drug-likeness (QED) is 0.522. The summed E-state index contributed by atoms with van der Waals surface area (Å²) in [6.45, 7) is 2.19. The fourth-order valence-corrected chi connectivity index (χ4v) is 4.96. The minimum Gasteiger partial charge on any atom is -0.465 e. The first-order chi connectivity index (χ1) is 14.8. The summed E-state index contributed by atoms with van der Waals surface area (Å²) in [7, 11) is 3.99. The van der Waals surface area contributed by atoms with Gasteiger partial charge in [0, 0.05) is 22.8 Å². The van der Waals surface area contributed by atoms with Gasteiger partial charge in [0.1, 0.15) is 5.75 Å². The molecule has 0 amide bonds. The van der Waals surface area contributed by atoms with Crippen LogP contribution in [0, 0.1) is 0 Å². The van der Waals surface area contributed by atoms with Crippen LogP contribution in [-0.2, 0) is 10.9 Å². The van der Waals surface area contributed by atoms with Gasteiger partial charge in [-0.2, -0.15) is 13.2 Å². The molecule has 168 valence electrons. The predicted molar refractivity (Wildman–Crippen MR) is 116 cm³/mol. The van der Waals surface area contributed by atoms with Crippen molar-refractivity contribution in [3.8, 4) is 5.75 Å². The minimum absolute atomic E-state index is 0.238. The summed E-state index contributed by atoms with van der Waals surface area (Å²) in [6.07, 6.45) is -0.770. The van der Waals surface area contributed by atoms with E-state index in [0.717, 1.165) is 59.5 Å². The second-order valence-electron chi connectivity index (χ2n) is 8.13. The molecule has 0 bridgehead atoms. The molecule has 31 heavy (non-hydrogen) atoms. The molecule has 0 radical (unpaired) electrons. The number of anilines is 2. The molecule has 1 saturated heterocycles. The number of hydrogen-bond acceptors (Lipinski definition) is 5. The van der Waals surface area contributed by atoms with Crippen LogP contribution in [0.4, 0.5) is 24.5 Å². The smallest absolute Gasteiger partial charge is 0.416 e. The van der Waals surface area contributed by atoms with Gasteiger partial charge in [0.05, 0.1) is 23.5 Å². The number of halogens is 3. The van der Waals surface area contributed by atoms with E-state index in [1.807, 2.05) is 37.2 Å². The molecule has 1 unspecified atom stereocenters. The molecular weight excluding hydrogens is 425 g/mol. The van der Waals surface area contributed by atoms with Crippen molar-refractivity contribution < 1.29 is 22.6 Å². The molecule has 2 aromatic rings. The van der Waals surface area contributed by atoms with Crippen LogP contribution in [0.3, 0.4) is 0 Å². The zero-order chi connectivity index (χ0) is 22.0. The molecule has 1 atom stereocenters. The molecule has 0 aromatic heterocycles. The van der Waals surface area contributed by atoms with Crippen LogP contribution >= 0.6 is 11.8 Å². The van der Waals surface area contributed by atoms with Gasteiger partial charge in [-0.1, -0.05) is 11.8 Å². The molecule has 2 aliphatic rings. The van der Waals surface area contributed by atoms with Crippen molar-refractivity contribution >= 4 is 23.1 Å². The Morgan fingerprint density at radius 2 is 1.94 bits per heavy atom. The van der Waals surface area contributed by atoms with Gasteiger partial charge in [-0.05, 0) is 76.3 Å². The van der Waals surface area contributed by atoms with Crippen molar-refractivity contribution in [1.82, 2.24) is 4.90 Å². The Bertz CT molecular complexity index is 914. The highest BCUT2D eigenvalue weighted by molar-refractivity contribution is 7.99. The van der Waals surface area contributed by atoms with Crippen LogP contribution in [0.1, 0.15) is 31.2 Å². The second kappa shape index (κ2) is 9.30. The predicted octanol–water partition coefficient (Wildman–Crippen LogP) is 6.17. The summed E-state index contributed by atoms with van der Waals surface area (Å²) in [4.78, 5) is 5.87. The zero-order valence-corrected chi connectivity index (χ0v) is 18.6. The van der Waals surface area contributed by atoms with Crippen molar-refractivity contribution in [2.24, 2.45) is 0 Å². The van der Waals surface area contributed by atoms with E-state index in [0.29, 0.717) is 18.8 Å². The van der Waals surface area contributed by atoms with Crippen LogP contribution in [0.15, 0.2) is 46.2 Å². The number of fused-ring (bicyclic) bond motifs is 2. The summed E-state index contributed by atoms with van der Waals surface area (Å²) in [5.41, 5.74) is 0.894. The highest BCUT2D eigenvalue weighted by Gasteiger charge is 2.33. The number of benzene rings is 2. The molecular formula is C23H27F3N2O2S. The van der Waals surface area contributed by atoms with Gasteiger partial charge in [-0.15, -0.1) is 0 Å². The van der Waals surface area contributed by atoms with E-state index in [2.05, 4.69) is 4.90 Å². The molecule has 8 heteroatoms. The van der Waals surface area contributed by atoms with Crippen molar-refractivity contribution in [3.63, 3.8) is 0 Å². The van der Waals surface area contributed by atoms with Crippen LogP contribution in [0.5, 0.6) is 5.75 Å². The van der Waals surface area contributed by atoms with Gasteiger partial charge < -0.3 is 19.3 Å². The van der Waals surface area contributed by atoms with Crippen molar-refractivity contribution in [3.05, 3.63) is 42.0 Å². The summed E-state index contributed by atoms with van der Waals surface area (Å²) in [5.74, 6) is 0.724. The summed E-state index contributed by atoms with van der Waals surface area (Å²) in [5, 5.41) is 0. The average molecular weight is 453 g/mol. The first kappa shape index (κ1) is 22.3. The maximum atomic E-state index is 13.4. The number of rotatable bonds is 6. The summed E-state index contributed by atoms with van der Waals surface area (Å²) < 4.78 is 51.7. The third-order valence-electron chi connectivity index (χ3n) is 5.41. The van der Waals surface area contributed by atoms with Crippen LogP contribution < -0.4 is 9.64 Å². The highest BCUT2D eigenvalue weighted by Crippen LogP contribution is 2.50. The second-order valence-corrected chi connectivity index (χ2v) is 9.22. The zero-order valence-electron chi connectivity index (χ0n) is 17.7. The van der Waals surface area contributed by atoms with E-state index in [1.165, 1.54) is 17.8 Å². The van der Waals surface area contributed by atoms with E-state index in [1.54, 1.807) is 6.07 Å². The summed E-state index contributed by atoms with van der Waals surface area (Å²) in [6, 6.07) is 9.79. The third kappa shape index (κ3) is 5.30. The van der Waals surface area contributed by atoms with Crippen molar-refractivity contribution in [2.45, 2.75) is 47.9 Å². The number of alkyl halides is 3. The molecule has 2 aliphatic heterocycles. The molecule has 2 aromatic carbocycles. The number of ether oxygens (including phenoxy) is 2. The Morgan fingerprint density at radius 3 is 2.65 bits per heavy atom. The first-order valence-corrected chi connectivity index (χ1v) is 11.4. The lowest BCUT2D eigenvalue weighted by atomic mass is 10.1. The van der Waals surface area contributed by atoms with E-state index < -0.39 is 11.7 Å². The van der Waals surface area contributed by atoms with E-state index >= 15 is 0 Å². The Balaban J connectivity index is 1.63. The van der Waals surface area contributed by atoms with E-state index in [4.69, 9.17) is 9.47 Å². The Morgan fingerprint density at radius 1 is 1.10 bits per heavy atom. The molecule has 0 spiro atoms. The van der Waals surface area contributed by atoms with Crippen molar-refractivity contribution in [2.75, 3.05) is 38.7 Å². The van der Waals surface area contributed by atoms with E-state index in [-0.39, 0.29) is 6.29 Å². The van der Waals surface area contributed by atoms with E-state index in [9.17, 15) is 13.2 Å². The van der Waals surface area contributed by atoms with Gasteiger partial charge in [0.2, 0.25) is 0 Å². The largest absolute Gasteiger partial charge is 0.465 e. The van der Waals surface area contributed by atoms with Gasteiger partial charge in [0.15, 0.2) is 6.29 Å². The first-order valence-electron chi connectivity index (χ1n) is 10.5. The summed E-state index contributed by atoms with van der Waals surface area (Å²) >= 11 is 1.48. The lowest BCUT2D eigenvalue weighted by Gasteiger charge is -2.34. The van der Waals surface area contributed by atoms with Gasteiger partial charge >= 0.3 is 6.18 Å². The normalized spacial score (nSPS) is 18.6. The topological polar surface area (TPSA) is 24.9 Å². The Kier molecular flexibility index (Phi) is 6.69. The molecule has 0 N–H and O–H groups in total. The molecule has 4 nitrogen and oxygen atoms in total. The van der Waals surface area contributed by atoms with Crippen LogP contribution in [0.2, 0.25) is 0 Å². The SMILES string of the molecule is CN(C)CCCN1c2ccc(OC3CCCCO3)cc2Sc2ccc(C(F)(F)F)cc21. The molecule has 4 rings (SSSR count). The van der Waals surface area contributed by atoms with Gasteiger partial charge in [0.25, 0.3) is 0 Å². The lowest BCUT2D eigenvalue weighted by Crippen LogP contribution is -2.26. The maximum absolute atomic E-state index is 13.4. The number of nitrogens with zero attached hydrogens (tertiary/aromatic N) is 2. The van der Waals surface area contributed by atoms with Crippen LogP contribution in [0.25, 0.3) is 0 Å². The third-order valence-corrected chi connectivity index (χ3v) is 6.52. The molecule has 0 saturated carbocycles.